The fourth-order valence-electron chi connectivity index (χ4n) is 2.08. The molecule has 0 aromatic heterocycles. The number of para-hydroxylation sites is 1. The first-order valence-electron chi connectivity index (χ1n) is 6.83. The van der Waals surface area contributed by atoms with Crippen LogP contribution in [0.25, 0.3) is 0 Å². The molecule has 0 spiro atoms. The zero-order valence-corrected chi connectivity index (χ0v) is 11.8. The van der Waals surface area contributed by atoms with E-state index in [1.54, 1.807) is 11.0 Å². The van der Waals surface area contributed by atoms with E-state index in [2.05, 4.69) is 13.5 Å². The number of nitrogens with zero attached hydrogens (tertiary/aromatic N) is 1. The van der Waals surface area contributed by atoms with E-state index in [0.29, 0.717) is 12.1 Å². The molecule has 102 valence electrons. The number of hydrogen-bond acceptors (Lipinski definition) is 1. The van der Waals surface area contributed by atoms with Crippen molar-refractivity contribution in [3.8, 4) is 0 Å². The summed E-state index contributed by atoms with van der Waals surface area (Å²) in [6, 6.07) is 17.5. The predicted molar refractivity (Wildman–Crippen MR) is 84.1 cm³/mol. The summed E-state index contributed by atoms with van der Waals surface area (Å²) in [5, 5.41) is 0. The Morgan fingerprint density at radius 3 is 2.30 bits per heavy atom. The Balaban J connectivity index is 2.28. The average Bonchev–Trinajstić information content (AvgIpc) is 2.53. The number of carbonyl (C=O) groups is 1. The Morgan fingerprint density at radius 2 is 1.75 bits per heavy atom. The largest absolute Gasteiger partial charge is 0.305 e. The van der Waals surface area contributed by atoms with Crippen LogP contribution in [0.5, 0.6) is 0 Å². The lowest BCUT2D eigenvalue weighted by Gasteiger charge is -2.21. The highest BCUT2D eigenvalue weighted by Crippen LogP contribution is 2.17. The third kappa shape index (κ3) is 3.15. The van der Waals surface area contributed by atoms with Crippen LogP contribution in [0.2, 0.25) is 0 Å². The van der Waals surface area contributed by atoms with Crippen LogP contribution in [-0.4, -0.2) is 12.5 Å². The third-order valence-corrected chi connectivity index (χ3v) is 3.23. The minimum atomic E-state index is -0.00115. The SMILES string of the molecule is C=CCN(C(=O)c1ccc(CC)cc1)c1ccccc1. The molecule has 0 bridgehead atoms. The van der Waals surface area contributed by atoms with Gasteiger partial charge in [-0.25, -0.2) is 0 Å². The zero-order valence-electron chi connectivity index (χ0n) is 11.8. The van der Waals surface area contributed by atoms with E-state index in [1.807, 2.05) is 54.6 Å². The van der Waals surface area contributed by atoms with Gasteiger partial charge in [-0.1, -0.05) is 43.3 Å². The van der Waals surface area contributed by atoms with Gasteiger partial charge < -0.3 is 4.90 Å². The van der Waals surface area contributed by atoms with Gasteiger partial charge in [0.1, 0.15) is 0 Å². The Labute approximate surface area is 120 Å². The van der Waals surface area contributed by atoms with Crippen molar-refractivity contribution in [1.29, 1.82) is 0 Å². The molecule has 0 saturated carbocycles. The zero-order chi connectivity index (χ0) is 14.4. The van der Waals surface area contributed by atoms with E-state index in [4.69, 9.17) is 0 Å². The standard InChI is InChI=1S/C18H19NO/c1-3-14-19(17-8-6-5-7-9-17)18(20)16-12-10-15(4-2)11-13-16/h3,5-13H,1,4,14H2,2H3. The van der Waals surface area contributed by atoms with Crippen LogP contribution in [0.3, 0.4) is 0 Å². The van der Waals surface area contributed by atoms with Crippen molar-refractivity contribution in [1.82, 2.24) is 0 Å². The molecule has 2 aromatic rings. The van der Waals surface area contributed by atoms with Gasteiger partial charge in [-0.3, -0.25) is 4.79 Å². The lowest BCUT2D eigenvalue weighted by molar-refractivity contribution is 0.0989. The predicted octanol–water partition coefficient (Wildman–Crippen LogP) is 4.08. The molecule has 2 aromatic carbocycles. The van der Waals surface area contributed by atoms with Crippen molar-refractivity contribution in [3.05, 3.63) is 78.4 Å². The minimum Gasteiger partial charge on any atom is -0.305 e. The number of aryl methyl sites for hydroxylation is 1. The van der Waals surface area contributed by atoms with Crippen molar-refractivity contribution in [2.75, 3.05) is 11.4 Å². The van der Waals surface area contributed by atoms with Crippen LogP contribution in [-0.2, 0) is 6.42 Å². The normalized spacial score (nSPS) is 10.1. The smallest absolute Gasteiger partial charge is 0.258 e. The van der Waals surface area contributed by atoms with Gasteiger partial charge in [-0.15, -0.1) is 6.58 Å². The number of rotatable bonds is 5. The molecule has 0 aliphatic heterocycles. The summed E-state index contributed by atoms with van der Waals surface area (Å²) >= 11 is 0. The van der Waals surface area contributed by atoms with E-state index >= 15 is 0 Å². The van der Waals surface area contributed by atoms with E-state index in [-0.39, 0.29) is 5.91 Å². The quantitative estimate of drug-likeness (QED) is 0.746. The van der Waals surface area contributed by atoms with Crippen LogP contribution in [0.4, 0.5) is 5.69 Å². The summed E-state index contributed by atoms with van der Waals surface area (Å²) < 4.78 is 0. The van der Waals surface area contributed by atoms with Crippen LogP contribution < -0.4 is 4.90 Å². The Bertz CT molecular complexity index is 572. The Hall–Kier alpha value is -2.35. The highest BCUT2D eigenvalue weighted by molar-refractivity contribution is 6.06. The molecule has 2 heteroatoms. The molecular weight excluding hydrogens is 246 g/mol. The van der Waals surface area contributed by atoms with Crippen LogP contribution in [0, 0.1) is 0 Å². The van der Waals surface area contributed by atoms with Gasteiger partial charge in [-0.2, -0.15) is 0 Å². The summed E-state index contributed by atoms with van der Waals surface area (Å²) in [5.41, 5.74) is 2.82. The molecule has 0 aliphatic rings. The first-order chi connectivity index (χ1) is 9.76. The van der Waals surface area contributed by atoms with Gasteiger partial charge >= 0.3 is 0 Å². The van der Waals surface area contributed by atoms with Crippen molar-refractivity contribution >= 4 is 11.6 Å². The Morgan fingerprint density at radius 1 is 1.10 bits per heavy atom. The maximum atomic E-state index is 12.6. The highest BCUT2D eigenvalue weighted by atomic mass is 16.2. The fourth-order valence-corrected chi connectivity index (χ4v) is 2.08. The van der Waals surface area contributed by atoms with Gasteiger partial charge in [0.2, 0.25) is 0 Å². The molecule has 0 radical (unpaired) electrons. The number of amides is 1. The van der Waals surface area contributed by atoms with Gasteiger partial charge in [0.05, 0.1) is 0 Å². The van der Waals surface area contributed by atoms with E-state index in [9.17, 15) is 4.79 Å². The van der Waals surface area contributed by atoms with E-state index in [1.165, 1.54) is 5.56 Å². The summed E-state index contributed by atoms with van der Waals surface area (Å²) in [6.45, 7) is 6.34. The molecule has 0 N–H and O–H groups in total. The molecule has 0 fully saturated rings. The van der Waals surface area contributed by atoms with Crippen LogP contribution in [0.1, 0.15) is 22.8 Å². The number of carbonyl (C=O) groups excluding carboxylic acids is 1. The first-order valence-corrected chi connectivity index (χ1v) is 6.83. The second-order valence-electron chi connectivity index (χ2n) is 4.59. The molecule has 0 heterocycles. The van der Waals surface area contributed by atoms with E-state index in [0.717, 1.165) is 12.1 Å². The number of anilines is 1. The average molecular weight is 265 g/mol. The lowest BCUT2D eigenvalue weighted by Crippen LogP contribution is -2.30. The maximum Gasteiger partial charge on any atom is 0.258 e. The summed E-state index contributed by atoms with van der Waals surface area (Å²) in [4.78, 5) is 14.3. The molecule has 2 nitrogen and oxygen atoms in total. The molecular formula is C18H19NO. The Kier molecular flexibility index (Phi) is 4.72. The second kappa shape index (κ2) is 6.71. The minimum absolute atomic E-state index is 0.00115. The van der Waals surface area contributed by atoms with Gasteiger partial charge in [0.25, 0.3) is 5.91 Å². The van der Waals surface area contributed by atoms with E-state index < -0.39 is 0 Å². The molecule has 0 aliphatic carbocycles. The van der Waals surface area contributed by atoms with Crippen LogP contribution >= 0.6 is 0 Å². The van der Waals surface area contributed by atoms with Gasteiger partial charge in [-0.05, 0) is 36.2 Å². The topological polar surface area (TPSA) is 20.3 Å². The maximum absolute atomic E-state index is 12.6. The second-order valence-corrected chi connectivity index (χ2v) is 4.59. The lowest BCUT2D eigenvalue weighted by atomic mass is 10.1. The van der Waals surface area contributed by atoms with Gasteiger partial charge in [0.15, 0.2) is 0 Å². The van der Waals surface area contributed by atoms with Crippen molar-refractivity contribution in [3.63, 3.8) is 0 Å². The fraction of sp³-hybridized carbons (Fsp3) is 0.167. The highest BCUT2D eigenvalue weighted by Gasteiger charge is 2.15. The number of benzene rings is 2. The first kappa shape index (κ1) is 14.1. The third-order valence-electron chi connectivity index (χ3n) is 3.23. The summed E-state index contributed by atoms with van der Waals surface area (Å²) in [5.74, 6) is -0.00115. The summed E-state index contributed by atoms with van der Waals surface area (Å²) in [7, 11) is 0. The number of hydrogen-bond donors (Lipinski definition) is 0. The molecule has 0 saturated heterocycles. The van der Waals surface area contributed by atoms with Crippen molar-refractivity contribution in [2.24, 2.45) is 0 Å². The monoisotopic (exact) mass is 265 g/mol. The molecule has 1 amide bonds. The molecule has 0 atom stereocenters. The van der Waals surface area contributed by atoms with Crippen molar-refractivity contribution in [2.45, 2.75) is 13.3 Å². The van der Waals surface area contributed by atoms with Crippen molar-refractivity contribution < 1.29 is 4.79 Å². The summed E-state index contributed by atoms with van der Waals surface area (Å²) in [6.07, 6.45) is 2.72. The van der Waals surface area contributed by atoms with Crippen LogP contribution in [0.15, 0.2) is 67.3 Å². The van der Waals surface area contributed by atoms with Gasteiger partial charge in [0, 0.05) is 17.8 Å². The molecule has 0 unspecified atom stereocenters. The molecule has 20 heavy (non-hydrogen) atoms. The molecule has 2 rings (SSSR count).